The first-order valence-corrected chi connectivity index (χ1v) is 9.88. The number of aromatic nitrogens is 3. The van der Waals surface area contributed by atoms with E-state index in [1.807, 2.05) is 0 Å². The number of hydrogen-bond donors (Lipinski definition) is 2. The van der Waals surface area contributed by atoms with Gasteiger partial charge in [0.1, 0.15) is 40.5 Å². The van der Waals surface area contributed by atoms with Gasteiger partial charge in [-0.05, 0) is 38.1 Å². The van der Waals surface area contributed by atoms with Crippen LogP contribution in [0.4, 0.5) is 14.5 Å². The van der Waals surface area contributed by atoms with E-state index in [0.717, 1.165) is 49.4 Å². The molecule has 0 spiro atoms. The Kier molecular flexibility index (Phi) is 5.72. The van der Waals surface area contributed by atoms with E-state index < -0.39 is 17.5 Å². The van der Waals surface area contributed by atoms with E-state index in [9.17, 15) is 13.6 Å². The fourth-order valence-electron chi connectivity index (χ4n) is 2.95. The van der Waals surface area contributed by atoms with Gasteiger partial charge >= 0.3 is 0 Å². The number of benzene rings is 1. The molecule has 1 saturated heterocycles. The number of carbonyl (C=O) groups is 1. The standard InChI is InChI=1S/C19H17F2N5O2S/c20-12-2-1-3-13(21)16(12)19-26-15(9-29-19)17(27)25-14-8-23-10-24-18(14)28-11-4-6-22-7-5-11/h1-3,8-11,22H,4-7H2,(H,25,27). The van der Waals surface area contributed by atoms with Gasteiger partial charge in [0.2, 0.25) is 5.88 Å². The number of rotatable bonds is 5. The van der Waals surface area contributed by atoms with Gasteiger partial charge in [0.15, 0.2) is 0 Å². The van der Waals surface area contributed by atoms with Crippen molar-refractivity contribution in [1.82, 2.24) is 20.3 Å². The third kappa shape index (κ3) is 4.38. The second-order valence-corrected chi connectivity index (χ2v) is 7.26. The molecular formula is C19H17F2N5O2S. The Morgan fingerprint density at radius 2 is 2.00 bits per heavy atom. The number of thiazole rings is 1. The van der Waals surface area contributed by atoms with Crippen molar-refractivity contribution in [3.05, 3.63) is 53.4 Å². The Morgan fingerprint density at radius 1 is 1.24 bits per heavy atom. The van der Waals surface area contributed by atoms with E-state index >= 15 is 0 Å². The molecule has 1 aliphatic rings. The van der Waals surface area contributed by atoms with Crippen molar-refractivity contribution < 1.29 is 18.3 Å². The zero-order valence-corrected chi connectivity index (χ0v) is 16.0. The average molecular weight is 417 g/mol. The molecule has 0 bridgehead atoms. The van der Waals surface area contributed by atoms with Crippen LogP contribution in [-0.4, -0.2) is 40.1 Å². The molecule has 7 nitrogen and oxygen atoms in total. The Bertz CT molecular complexity index is 1000. The van der Waals surface area contributed by atoms with Gasteiger partial charge < -0.3 is 15.4 Å². The largest absolute Gasteiger partial charge is 0.473 e. The summed E-state index contributed by atoms with van der Waals surface area (Å²) >= 11 is 0.981. The van der Waals surface area contributed by atoms with Gasteiger partial charge in [-0.2, -0.15) is 4.98 Å². The van der Waals surface area contributed by atoms with Crippen LogP contribution in [-0.2, 0) is 0 Å². The molecule has 0 unspecified atom stereocenters. The lowest BCUT2D eigenvalue weighted by molar-refractivity contribution is 0.102. The van der Waals surface area contributed by atoms with Crippen LogP contribution >= 0.6 is 11.3 Å². The van der Waals surface area contributed by atoms with Crippen LogP contribution in [0.25, 0.3) is 10.6 Å². The monoisotopic (exact) mass is 417 g/mol. The maximum Gasteiger partial charge on any atom is 0.275 e. The Hall–Kier alpha value is -2.98. The van der Waals surface area contributed by atoms with Crippen LogP contribution in [0.5, 0.6) is 5.88 Å². The topological polar surface area (TPSA) is 89.0 Å². The van der Waals surface area contributed by atoms with Gasteiger partial charge in [0.25, 0.3) is 5.91 Å². The van der Waals surface area contributed by atoms with Gasteiger partial charge in [-0.15, -0.1) is 11.3 Å². The first-order valence-electron chi connectivity index (χ1n) is 9.00. The number of piperidine rings is 1. The molecular weight excluding hydrogens is 400 g/mol. The van der Waals surface area contributed by atoms with Crippen molar-refractivity contribution in [3.8, 4) is 16.5 Å². The van der Waals surface area contributed by atoms with Crippen LogP contribution in [0.1, 0.15) is 23.3 Å². The number of hydrogen-bond acceptors (Lipinski definition) is 7. The summed E-state index contributed by atoms with van der Waals surface area (Å²) in [6.45, 7) is 1.71. The highest BCUT2D eigenvalue weighted by atomic mass is 32.1. The van der Waals surface area contributed by atoms with E-state index in [0.29, 0.717) is 5.69 Å². The van der Waals surface area contributed by atoms with Crippen molar-refractivity contribution in [2.45, 2.75) is 18.9 Å². The van der Waals surface area contributed by atoms with Gasteiger partial charge in [-0.3, -0.25) is 4.79 Å². The molecule has 2 N–H and O–H groups in total. The summed E-state index contributed by atoms with van der Waals surface area (Å²) < 4.78 is 33.8. The molecule has 1 amide bonds. The summed E-state index contributed by atoms with van der Waals surface area (Å²) in [5.74, 6) is -1.74. The normalized spacial score (nSPS) is 14.6. The number of ether oxygens (including phenoxy) is 1. The average Bonchev–Trinajstić information content (AvgIpc) is 3.20. The van der Waals surface area contributed by atoms with E-state index in [1.54, 1.807) is 0 Å². The minimum Gasteiger partial charge on any atom is -0.473 e. The van der Waals surface area contributed by atoms with Gasteiger partial charge in [-0.1, -0.05) is 6.07 Å². The maximum absolute atomic E-state index is 14.0. The fourth-order valence-corrected chi connectivity index (χ4v) is 3.80. The number of anilines is 1. The van der Waals surface area contributed by atoms with E-state index in [1.165, 1.54) is 24.0 Å². The molecule has 29 heavy (non-hydrogen) atoms. The van der Waals surface area contributed by atoms with Crippen molar-refractivity contribution in [3.63, 3.8) is 0 Å². The lowest BCUT2D eigenvalue weighted by Crippen LogP contribution is -2.34. The van der Waals surface area contributed by atoms with Crippen molar-refractivity contribution in [2.75, 3.05) is 18.4 Å². The van der Waals surface area contributed by atoms with Crippen LogP contribution in [0, 0.1) is 11.6 Å². The predicted octanol–water partition coefficient (Wildman–Crippen LogP) is 3.26. The smallest absolute Gasteiger partial charge is 0.275 e. The van der Waals surface area contributed by atoms with Crippen molar-refractivity contribution in [1.29, 1.82) is 0 Å². The Labute approximate surface area is 169 Å². The molecule has 3 heterocycles. The third-order valence-electron chi connectivity index (χ3n) is 4.40. The van der Waals surface area contributed by atoms with Crippen molar-refractivity contribution in [2.24, 2.45) is 0 Å². The van der Waals surface area contributed by atoms with E-state index in [2.05, 4.69) is 25.6 Å². The van der Waals surface area contributed by atoms with Crippen LogP contribution < -0.4 is 15.4 Å². The lowest BCUT2D eigenvalue weighted by atomic mass is 10.1. The van der Waals surface area contributed by atoms with E-state index in [-0.39, 0.29) is 28.2 Å². The summed E-state index contributed by atoms with van der Waals surface area (Å²) in [7, 11) is 0. The number of carbonyl (C=O) groups excluding carboxylic acids is 1. The molecule has 2 aromatic heterocycles. The van der Waals surface area contributed by atoms with Crippen molar-refractivity contribution >= 4 is 22.9 Å². The summed E-state index contributed by atoms with van der Waals surface area (Å²) in [6, 6.07) is 3.56. The molecule has 1 aliphatic heterocycles. The van der Waals surface area contributed by atoms with Gasteiger partial charge in [-0.25, -0.2) is 18.7 Å². The molecule has 0 atom stereocenters. The number of amides is 1. The van der Waals surface area contributed by atoms with Crippen LogP contribution in [0.3, 0.4) is 0 Å². The second-order valence-electron chi connectivity index (χ2n) is 6.40. The molecule has 1 aromatic carbocycles. The number of nitrogens with zero attached hydrogens (tertiary/aromatic N) is 3. The Morgan fingerprint density at radius 3 is 2.76 bits per heavy atom. The van der Waals surface area contributed by atoms with Gasteiger partial charge in [0.05, 0.1) is 11.8 Å². The molecule has 10 heteroatoms. The SMILES string of the molecule is O=C(Nc1cncnc1OC1CCNCC1)c1csc(-c2c(F)cccc2F)n1. The first kappa shape index (κ1) is 19.3. The minimum atomic E-state index is -0.736. The third-order valence-corrected chi connectivity index (χ3v) is 5.26. The predicted molar refractivity (Wildman–Crippen MR) is 104 cm³/mol. The zero-order chi connectivity index (χ0) is 20.2. The molecule has 0 aliphatic carbocycles. The summed E-state index contributed by atoms with van der Waals surface area (Å²) in [4.78, 5) is 24.7. The molecule has 1 fully saturated rings. The lowest BCUT2D eigenvalue weighted by Gasteiger charge is -2.24. The Balaban J connectivity index is 1.51. The highest BCUT2D eigenvalue weighted by Gasteiger charge is 2.21. The summed E-state index contributed by atoms with van der Waals surface area (Å²) in [5, 5.41) is 7.43. The first-order chi connectivity index (χ1) is 14.1. The fraction of sp³-hybridized carbons (Fsp3) is 0.263. The van der Waals surface area contributed by atoms with Crippen LogP contribution in [0.15, 0.2) is 36.1 Å². The molecule has 4 rings (SSSR count). The molecule has 0 radical (unpaired) electrons. The summed E-state index contributed by atoms with van der Waals surface area (Å²) in [5.41, 5.74) is 0.0847. The quantitative estimate of drug-likeness (QED) is 0.663. The number of halogens is 2. The molecule has 150 valence electrons. The van der Waals surface area contributed by atoms with E-state index in [4.69, 9.17) is 4.74 Å². The maximum atomic E-state index is 14.0. The number of nitrogens with one attached hydrogen (secondary N) is 2. The zero-order valence-electron chi connectivity index (χ0n) is 15.2. The highest BCUT2D eigenvalue weighted by Crippen LogP contribution is 2.29. The molecule has 0 saturated carbocycles. The highest BCUT2D eigenvalue weighted by molar-refractivity contribution is 7.13. The van der Waals surface area contributed by atoms with Crippen LogP contribution in [0.2, 0.25) is 0 Å². The summed E-state index contributed by atoms with van der Waals surface area (Å²) in [6.07, 6.45) is 4.44. The molecule has 3 aromatic rings. The minimum absolute atomic E-state index is 0.00305. The second kappa shape index (κ2) is 8.58. The van der Waals surface area contributed by atoms with Gasteiger partial charge in [0, 0.05) is 5.38 Å².